The van der Waals surface area contributed by atoms with Gasteiger partial charge in [0.2, 0.25) is 5.91 Å². The summed E-state index contributed by atoms with van der Waals surface area (Å²) in [5.74, 6) is 0.0744. The zero-order valence-corrected chi connectivity index (χ0v) is 28.7. The Labute approximate surface area is 263 Å². The van der Waals surface area contributed by atoms with Gasteiger partial charge in [0.25, 0.3) is 0 Å². The highest BCUT2D eigenvalue weighted by molar-refractivity contribution is 5.82. The maximum atomic E-state index is 13.1. The molecule has 1 unspecified atom stereocenters. The summed E-state index contributed by atoms with van der Waals surface area (Å²) in [6.45, 7) is 28.4. The summed E-state index contributed by atoms with van der Waals surface area (Å²) in [5, 5.41) is 0. The van der Waals surface area contributed by atoms with Crippen molar-refractivity contribution in [1.29, 1.82) is 0 Å². The lowest BCUT2D eigenvalue weighted by Crippen LogP contribution is -2.55. The summed E-state index contributed by atoms with van der Waals surface area (Å²) in [6.07, 6.45) is 3.09. The topological polar surface area (TPSA) is 62.0 Å². The predicted molar refractivity (Wildman–Crippen MR) is 183 cm³/mol. The molecule has 0 spiro atoms. The SMILES string of the molecule is C=C=COC(C)(C)C.CC.CCc1ccc(C[C@@H](N)C(=O)N2CCN(C(CN(CC)CC)c3ccccc3C)CC2)cc1. The summed E-state index contributed by atoms with van der Waals surface area (Å²) in [4.78, 5) is 20.1. The van der Waals surface area contributed by atoms with Crippen LogP contribution in [0.5, 0.6) is 0 Å². The third-order valence-corrected chi connectivity index (χ3v) is 7.64. The molecule has 0 aromatic heterocycles. The molecule has 2 aromatic carbocycles. The van der Waals surface area contributed by atoms with Crippen molar-refractivity contribution in [2.45, 2.75) is 92.8 Å². The molecule has 1 aliphatic rings. The molecule has 3 rings (SSSR count). The fourth-order valence-electron chi connectivity index (χ4n) is 5.06. The Balaban J connectivity index is 0.000000801. The monoisotopic (exact) mass is 592 g/mol. The number of rotatable bonds is 11. The van der Waals surface area contributed by atoms with Crippen LogP contribution in [0.25, 0.3) is 0 Å². The van der Waals surface area contributed by atoms with Crippen molar-refractivity contribution in [2.75, 3.05) is 45.8 Å². The van der Waals surface area contributed by atoms with Crippen molar-refractivity contribution < 1.29 is 9.53 Å². The summed E-state index contributed by atoms with van der Waals surface area (Å²) < 4.78 is 5.08. The van der Waals surface area contributed by atoms with Gasteiger partial charge in [-0.25, -0.2) is 0 Å². The first-order valence-electron chi connectivity index (χ1n) is 16.2. The summed E-state index contributed by atoms with van der Waals surface area (Å²) >= 11 is 0. The van der Waals surface area contributed by atoms with Gasteiger partial charge in [-0.3, -0.25) is 9.69 Å². The van der Waals surface area contributed by atoms with Crippen LogP contribution in [0.2, 0.25) is 0 Å². The molecule has 1 fully saturated rings. The molecule has 0 saturated carbocycles. The molecule has 240 valence electrons. The average Bonchev–Trinajstić information content (AvgIpc) is 3.02. The van der Waals surface area contributed by atoms with Gasteiger partial charge in [0, 0.05) is 38.8 Å². The summed E-state index contributed by atoms with van der Waals surface area (Å²) in [7, 11) is 0. The highest BCUT2D eigenvalue weighted by Crippen LogP contribution is 2.26. The Hall–Kier alpha value is -2.89. The van der Waals surface area contributed by atoms with E-state index < -0.39 is 6.04 Å². The Kier molecular flexibility index (Phi) is 17.9. The van der Waals surface area contributed by atoms with E-state index in [-0.39, 0.29) is 11.5 Å². The van der Waals surface area contributed by atoms with E-state index in [1.54, 1.807) is 0 Å². The predicted octanol–water partition coefficient (Wildman–Crippen LogP) is 6.78. The van der Waals surface area contributed by atoms with Gasteiger partial charge in [-0.15, -0.1) is 0 Å². The number of ether oxygens (including phenoxy) is 1. The number of hydrogen-bond acceptors (Lipinski definition) is 5. The normalized spacial score (nSPS) is 14.8. The van der Waals surface area contributed by atoms with Crippen molar-refractivity contribution in [3.05, 3.63) is 89.4 Å². The van der Waals surface area contributed by atoms with E-state index in [1.165, 1.54) is 23.0 Å². The quantitative estimate of drug-likeness (QED) is 0.230. The van der Waals surface area contributed by atoms with Crippen LogP contribution in [0.1, 0.15) is 83.7 Å². The van der Waals surface area contributed by atoms with Gasteiger partial charge < -0.3 is 20.3 Å². The zero-order valence-electron chi connectivity index (χ0n) is 28.7. The van der Waals surface area contributed by atoms with Crippen LogP contribution in [0.4, 0.5) is 0 Å². The minimum atomic E-state index is -0.480. The molecule has 2 atom stereocenters. The summed E-state index contributed by atoms with van der Waals surface area (Å²) in [6, 6.07) is 17.1. The van der Waals surface area contributed by atoms with E-state index in [0.29, 0.717) is 12.5 Å². The lowest BCUT2D eigenvalue weighted by atomic mass is 9.98. The van der Waals surface area contributed by atoms with Gasteiger partial charge in [0.15, 0.2) is 0 Å². The number of nitrogens with zero attached hydrogens (tertiary/aromatic N) is 3. The number of carbonyl (C=O) groups is 1. The number of likely N-dealkylation sites (N-methyl/N-ethyl adjacent to an activating group) is 1. The van der Waals surface area contributed by atoms with Gasteiger partial charge >= 0.3 is 0 Å². The van der Waals surface area contributed by atoms with Crippen LogP contribution in [0.15, 0.2) is 67.1 Å². The van der Waals surface area contributed by atoms with Gasteiger partial charge in [0.05, 0.1) is 6.04 Å². The fourth-order valence-corrected chi connectivity index (χ4v) is 5.06. The highest BCUT2D eigenvalue weighted by atomic mass is 16.5. The maximum absolute atomic E-state index is 13.1. The first-order valence-corrected chi connectivity index (χ1v) is 16.2. The van der Waals surface area contributed by atoms with E-state index in [2.05, 4.69) is 98.3 Å². The molecular weight excluding hydrogens is 532 g/mol. The average molecular weight is 593 g/mol. The van der Waals surface area contributed by atoms with Crippen LogP contribution in [0.3, 0.4) is 0 Å². The lowest BCUT2D eigenvalue weighted by Gasteiger charge is -2.42. The Morgan fingerprint density at radius 1 is 1.00 bits per heavy atom. The molecule has 0 aliphatic carbocycles. The second-order valence-corrected chi connectivity index (χ2v) is 11.8. The molecule has 43 heavy (non-hydrogen) atoms. The van der Waals surface area contributed by atoms with Crippen LogP contribution < -0.4 is 5.73 Å². The largest absolute Gasteiger partial charge is 0.488 e. The number of hydrogen-bond donors (Lipinski definition) is 1. The minimum absolute atomic E-state index is 0.0744. The molecule has 0 bridgehead atoms. The molecular formula is C37H60N4O2. The van der Waals surface area contributed by atoms with E-state index >= 15 is 0 Å². The smallest absolute Gasteiger partial charge is 0.239 e. The van der Waals surface area contributed by atoms with Crippen molar-refractivity contribution in [1.82, 2.24) is 14.7 Å². The molecule has 6 heteroatoms. The number of aryl methyl sites for hydroxylation is 2. The van der Waals surface area contributed by atoms with Gasteiger partial charge in [-0.1, -0.05) is 95.5 Å². The second kappa shape index (κ2) is 20.1. The number of nitrogens with two attached hydrogens (primary N) is 1. The number of carbonyl (C=O) groups excluding carboxylic acids is 1. The zero-order chi connectivity index (χ0) is 32.4. The van der Waals surface area contributed by atoms with E-state index in [1.807, 2.05) is 39.5 Å². The van der Waals surface area contributed by atoms with Crippen molar-refractivity contribution in [3.63, 3.8) is 0 Å². The molecule has 0 radical (unpaired) electrons. The fraction of sp³-hybridized carbons (Fsp3) is 0.568. The van der Waals surface area contributed by atoms with Crippen LogP contribution in [0, 0.1) is 6.92 Å². The number of benzene rings is 2. The minimum Gasteiger partial charge on any atom is -0.488 e. The van der Waals surface area contributed by atoms with Crippen molar-refractivity contribution in [3.8, 4) is 0 Å². The standard InChI is InChI=1S/C28H42N4O.C7H12O.C2H6/c1-5-23-12-14-24(15-13-23)20-26(29)28(33)32-18-16-31(17-19-32)27(21-30(6-2)7-3)25-11-9-8-10-22(25)4;1-5-6-8-7(2,3)4;1-2/h8-15,26-27H,5-7,16-21,29H2,1-4H3;6H,1H2,2-4H3;1-2H3/t26-,27?;;/m1../s1. The molecule has 2 N–H and O–H groups in total. The van der Waals surface area contributed by atoms with E-state index in [0.717, 1.165) is 57.8 Å². The molecule has 1 saturated heterocycles. The first kappa shape index (κ1) is 38.1. The Bertz CT molecular complexity index is 1090. The van der Waals surface area contributed by atoms with Crippen LogP contribution in [-0.2, 0) is 22.4 Å². The highest BCUT2D eigenvalue weighted by Gasteiger charge is 2.30. The van der Waals surface area contributed by atoms with Gasteiger partial charge in [0.1, 0.15) is 11.9 Å². The third kappa shape index (κ3) is 13.5. The van der Waals surface area contributed by atoms with Gasteiger partial charge in [-0.2, -0.15) is 0 Å². The van der Waals surface area contributed by atoms with Crippen LogP contribution in [-0.4, -0.2) is 78.1 Å². The lowest BCUT2D eigenvalue weighted by molar-refractivity contribution is -0.134. The second-order valence-electron chi connectivity index (χ2n) is 11.8. The number of piperazine rings is 1. The Morgan fingerprint density at radius 3 is 2.02 bits per heavy atom. The van der Waals surface area contributed by atoms with Crippen molar-refractivity contribution >= 4 is 5.91 Å². The molecule has 1 heterocycles. The van der Waals surface area contributed by atoms with Crippen molar-refractivity contribution in [2.24, 2.45) is 5.73 Å². The third-order valence-electron chi connectivity index (χ3n) is 7.64. The molecule has 1 aliphatic heterocycles. The molecule has 6 nitrogen and oxygen atoms in total. The maximum Gasteiger partial charge on any atom is 0.239 e. The molecule has 1 amide bonds. The number of amides is 1. The first-order chi connectivity index (χ1) is 20.5. The Morgan fingerprint density at radius 2 is 1.56 bits per heavy atom. The van der Waals surface area contributed by atoms with Gasteiger partial charge in [-0.05, 0) is 75.9 Å². The molecule has 2 aromatic rings. The summed E-state index contributed by atoms with van der Waals surface area (Å²) in [5.41, 5.74) is 13.9. The van der Waals surface area contributed by atoms with Crippen LogP contribution >= 0.6 is 0 Å². The van der Waals surface area contributed by atoms with E-state index in [9.17, 15) is 4.79 Å². The van der Waals surface area contributed by atoms with E-state index in [4.69, 9.17) is 10.5 Å².